The molecule has 0 amide bonds. The lowest BCUT2D eigenvalue weighted by Gasteiger charge is -2.29. The van der Waals surface area contributed by atoms with Gasteiger partial charge in [0.1, 0.15) is 11.5 Å². The van der Waals surface area contributed by atoms with E-state index in [1.807, 2.05) is 6.92 Å². The van der Waals surface area contributed by atoms with E-state index in [0.29, 0.717) is 0 Å². The van der Waals surface area contributed by atoms with Gasteiger partial charge in [-0.2, -0.15) is 0 Å². The number of hydrogen-bond acceptors (Lipinski definition) is 3. The molecule has 1 aromatic rings. The molecule has 0 bridgehead atoms. The molecular weight excluding hydrogens is 224 g/mol. The molecule has 0 aliphatic carbocycles. The normalized spacial score (nSPS) is 17.5. The van der Waals surface area contributed by atoms with Crippen LogP contribution in [0.15, 0.2) is 16.5 Å². The van der Waals surface area contributed by atoms with Crippen molar-refractivity contribution in [3.63, 3.8) is 0 Å². The maximum Gasteiger partial charge on any atom is 0.118 e. The summed E-state index contributed by atoms with van der Waals surface area (Å²) in [6, 6.07) is 4.17. The van der Waals surface area contributed by atoms with Gasteiger partial charge in [0.15, 0.2) is 0 Å². The lowest BCUT2D eigenvalue weighted by Crippen LogP contribution is -2.36. The molecule has 0 spiro atoms. The molecule has 2 heterocycles. The topological polar surface area (TPSA) is 28.4 Å². The predicted molar refractivity (Wildman–Crippen MR) is 74.6 cm³/mol. The zero-order chi connectivity index (χ0) is 12.8. The largest absolute Gasteiger partial charge is 0.465 e. The van der Waals surface area contributed by atoms with Crippen molar-refractivity contribution in [2.45, 2.75) is 39.7 Å². The Morgan fingerprint density at radius 1 is 1.33 bits per heavy atom. The highest BCUT2D eigenvalue weighted by Crippen LogP contribution is 2.16. The van der Waals surface area contributed by atoms with Crippen LogP contribution in [0.25, 0.3) is 0 Å². The molecule has 1 N–H and O–H groups in total. The number of aryl methyl sites for hydroxylation is 1. The van der Waals surface area contributed by atoms with Crippen LogP contribution in [-0.4, -0.2) is 31.1 Å². The van der Waals surface area contributed by atoms with Gasteiger partial charge >= 0.3 is 0 Å². The van der Waals surface area contributed by atoms with Crippen LogP contribution in [0.1, 0.15) is 37.7 Å². The van der Waals surface area contributed by atoms with Crippen molar-refractivity contribution < 1.29 is 4.42 Å². The van der Waals surface area contributed by atoms with Gasteiger partial charge in [0, 0.05) is 6.54 Å². The molecular formula is C15H26N2O. The van der Waals surface area contributed by atoms with Crippen LogP contribution in [-0.2, 0) is 6.54 Å². The molecule has 0 radical (unpaired) electrons. The lowest BCUT2D eigenvalue weighted by atomic mass is 9.97. The monoisotopic (exact) mass is 250 g/mol. The first kappa shape index (κ1) is 13.6. The molecule has 3 heteroatoms. The Morgan fingerprint density at radius 3 is 2.72 bits per heavy atom. The molecule has 1 saturated heterocycles. The van der Waals surface area contributed by atoms with Gasteiger partial charge in [-0.15, -0.1) is 0 Å². The summed E-state index contributed by atoms with van der Waals surface area (Å²) in [5.41, 5.74) is 0. The molecule has 102 valence electrons. The second-order valence-electron chi connectivity index (χ2n) is 5.44. The molecule has 3 nitrogen and oxygen atoms in total. The summed E-state index contributed by atoms with van der Waals surface area (Å²) < 4.78 is 5.70. The van der Waals surface area contributed by atoms with Crippen LogP contribution in [0.4, 0.5) is 0 Å². The maximum atomic E-state index is 5.70. The number of furan rings is 1. The Kier molecular flexibility index (Phi) is 5.26. The first-order valence-corrected chi connectivity index (χ1v) is 7.26. The van der Waals surface area contributed by atoms with E-state index in [2.05, 4.69) is 29.3 Å². The van der Waals surface area contributed by atoms with Gasteiger partial charge < -0.3 is 9.73 Å². The van der Waals surface area contributed by atoms with Crippen LogP contribution in [0, 0.1) is 12.8 Å². The minimum absolute atomic E-state index is 0.855. The Labute approximate surface area is 111 Å². The Balaban J connectivity index is 1.86. The second kappa shape index (κ2) is 6.95. The van der Waals surface area contributed by atoms with Crippen LogP contribution in [0.3, 0.4) is 0 Å². The summed E-state index contributed by atoms with van der Waals surface area (Å²) in [7, 11) is 0. The average molecular weight is 250 g/mol. The fourth-order valence-electron chi connectivity index (χ4n) is 2.77. The van der Waals surface area contributed by atoms with Crippen LogP contribution >= 0.6 is 0 Å². The molecule has 0 aromatic carbocycles. The molecule has 1 fully saturated rings. The summed E-state index contributed by atoms with van der Waals surface area (Å²) in [6.07, 6.45) is 3.85. The Bertz CT molecular complexity index is 342. The summed E-state index contributed by atoms with van der Waals surface area (Å²) in [6.45, 7) is 9.99. The third-order valence-corrected chi connectivity index (χ3v) is 3.69. The zero-order valence-electron chi connectivity index (χ0n) is 11.7. The molecule has 0 unspecified atom stereocenters. The molecule has 2 rings (SSSR count). The quantitative estimate of drug-likeness (QED) is 0.841. The minimum Gasteiger partial charge on any atom is -0.465 e. The Morgan fingerprint density at radius 2 is 2.11 bits per heavy atom. The summed E-state index contributed by atoms with van der Waals surface area (Å²) in [5, 5.41) is 3.44. The van der Waals surface area contributed by atoms with Gasteiger partial charge in [-0.1, -0.05) is 6.92 Å². The smallest absolute Gasteiger partial charge is 0.118 e. The van der Waals surface area contributed by atoms with E-state index in [1.165, 1.54) is 45.4 Å². The number of hydrogen-bond donors (Lipinski definition) is 1. The number of nitrogens with one attached hydrogen (secondary N) is 1. The van der Waals surface area contributed by atoms with Crippen LogP contribution in [0.5, 0.6) is 0 Å². The third kappa shape index (κ3) is 4.14. The molecule has 0 atom stereocenters. The van der Waals surface area contributed by atoms with Crippen molar-refractivity contribution in [2.24, 2.45) is 5.92 Å². The number of piperidine rings is 1. The second-order valence-corrected chi connectivity index (χ2v) is 5.44. The van der Waals surface area contributed by atoms with Gasteiger partial charge in [0.25, 0.3) is 0 Å². The van der Waals surface area contributed by atoms with Crippen LogP contribution < -0.4 is 5.32 Å². The summed E-state index contributed by atoms with van der Waals surface area (Å²) >= 11 is 0. The molecule has 18 heavy (non-hydrogen) atoms. The predicted octanol–water partition coefficient (Wildman–Crippen LogP) is 2.80. The summed E-state index contributed by atoms with van der Waals surface area (Å²) in [5.74, 6) is 2.98. The molecule has 0 saturated carbocycles. The standard InChI is InChI=1S/C15H26N2O/c1-3-10-17(11-14-6-8-16-9-7-14)12-15-5-4-13(2)18-15/h4-5,14,16H,3,6-12H2,1-2H3. The first-order valence-electron chi connectivity index (χ1n) is 7.26. The van der Waals surface area contributed by atoms with E-state index in [1.54, 1.807) is 0 Å². The molecule has 1 aliphatic heterocycles. The van der Waals surface area contributed by atoms with E-state index in [0.717, 1.165) is 24.0 Å². The van der Waals surface area contributed by atoms with Gasteiger partial charge in [0.2, 0.25) is 0 Å². The van der Waals surface area contributed by atoms with Gasteiger partial charge in [-0.3, -0.25) is 4.90 Å². The zero-order valence-corrected chi connectivity index (χ0v) is 11.7. The van der Waals surface area contributed by atoms with Crippen molar-refractivity contribution in [2.75, 3.05) is 26.2 Å². The van der Waals surface area contributed by atoms with E-state index in [4.69, 9.17) is 4.42 Å². The third-order valence-electron chi connectivity index (χ3n) is 3.69. The first-order chi connectivity index (χ1) is 8.78. The number of rotatable bonds is 6. The minimum atomic E-state index is 0.855. The highest BCUT2D eigenvalue weighted by molar-refractivity contribution is 5.05. The van der Waals surface area contributed by atoms with Crippen molar-refractivity contribution in [3.05, 3.63) is 23.7 Å². The highest BCUT2D eigenvalue weighted by Gasteiger charge is 2.17. The molecule has 1 aliphatic rings. The highest BCUT2D eigenvalue weighted by atomic mass is 16.3. The maximum absolute atomic E-state index is 5.70. The molecule has 1 aromatic heterocycles. The number of nitrogens with zero attached hydrogens (tertiary/aromatic N) is 1. The van der Waals surface area contributed by atoms with Gasteiger partial charge in [0.05, 0.1) is 6.54 Å². The van der Waals surface area contributed by atoms with Crippen molar-refractivity contribution in [3.8, 4) is 0 Å². The van der Waals surface area contributed by atoms with E-state index in [-0.39, 0.29) is 0 Å². The van der Waals surface area contributed by atoms with E-state index < -0.39 is 0 Å². The van der Waals surface area contributed by atoms with Gasteiger partial charge in [-0.25, -0.2) is 0 Å². The Hall–Kier alpha value is -0.800. The summed E-state index contributed by atoms with van der Waals surface area (Å²) in [4.78, 5) is 2.55. The fourth-order valence-corrected chi connectivity index (χ4v) is 2.77. The lowest BCUT2D eigenvalue weighted by molar-refractivity contribution is 0.186. The average Bonchev–Trinajstić information content (AvgIpc) is 2.76. The van der Waals surface area contributed by atoms with Crippen molar-refractivity contribution in [1.29, 1.82) is 0 Å². The fraction of sp³-hybridized carbons (Fsp3) is 0.733. The van der Waals surface area contributed by atoms with Gasteiger partial charge in [-0.05, 0) is 63.9 Å². The van der Waals surface area contributed by atoms with E-state index >= 15 is 0 Å². The van der Waals surface area contributed by atoms with Crippen LogP contribution in [0.2, 0.25) is 0 Å². The van der Waals surface area contributed by atoms with Crippen molar-refractivity contribution >= 4 is 0 Å². The van der Waals surface area contributed by atoms with E-state index in [9.17, 15) is 0 Å². The van der Waals surface area contributed by atoms with Crippen molar-refractivity contribution in [1.82, 2.24) is 10.2 Å². The SMILES string of the molecule is CCCN(Cc1ccc(C)o1)CC1CCNCC1.